The van der Waals surface area contributed by atoms with Crippen LogP contribution in [-0.4, -0.2) is 30.7 Å². The largest absolute Gasteiger partial charge is 2.00 e. The molecule has 0 saturated carbocycles. The summed E-state index contributed by atoms with van der Waals surface area (Å²) in [6.07, 6.45) is 3.94. The number of aromatic nitrogens is 3. The molecule has 11 rings (SSSR count). The number of benzene rings is 7. The Morgan fingerprint density at radius 1 is 0.456 bits per heavy atom. The summed E-state index contributed by atoms with van der Waals surface area (Å²) in [5.41, 5.74) is 16.9. The number of hydrogen-bond donors (Lipinski definition) is 0. The minimum absolute atomic E-state index is 0. The van der Waals surface area contributed by atoms with Crippen LogP contribution in [0.5, 0.6) is 0 Å². The van der Waals surface area contributed by atoms with E-state index in [1.54, 1.807) is 0 Å². The van der Waals surface area contributed by atoms with Crippen LogP contribution >= 0.6 is 0 Å². The fourth-order valence-corrected chi connectivity index (χ4v) is 13.5. The molecule has 10 aromatic rings. The Balaban J connectivity index is 0.00000539. The second kappa shape index (κ2) is 17.9. The van der Waals surface area contributed by atoms with Gasteiger partial charge in [-0.15, -0.1) is 70.8 Å². The van der Waals surface area contributed by atoms with E-state index >= 15 is 0 Å². The van der Waals surface area contributed by atoms with Gasteiger partial charge in [0.25, 0.3) is 0 Å². The van der Waals surface area contributed by atoms with Crippen LogP contribution in [0.4, 0.5) is 17.1 Å². The van der Waals surface area contributed by atoms with E-state index in [4.69, 9.17) is 9.97 Å². The summed E-state index contributed by atoms with van der Waals surface area (Å²) >= 11 is 0. The molecule has 0 unspecified atom stereocenters. The Hall–Kier alpha value is -6.44. The number of pyridine rings is 2. The molecule has 0 aliphatic carbocycles. The molecule has 3 aromatic heterocycles. The van der Waals surface area contributed by atoms with Crippen LogP contribution in [0.2, 0.25) is 39.3 Å². The standard InChI is InChI=1S/C61H54N4Si2.Pt/c1-66(2,3)41-43-33-35-62-55(37-43)45-17-15-19-47(39-45)61(48-20-16-18-46(40-48)56-38-44(34-36-63-56)42-67(4,5)6)53-23-9-13-27-59(53)65(60-28-14-10-24-54(60)61)50-31-29-49(30-32-50)64-57-25-11-7-21-51(57)52-22-8-12-26-58(52)64;/h7-38H,41-42H2,1-6H3;/q-2;+2. The average molecular weight is 1090 g/mol. The minimum atomic E-state index is -1.37. The third kappa shape index (κ3) is 8.23. The number of nitrogens with zero attached hydrogens (tertiary/aromatic N) is 4. The third-order valence-electron chi connectivity index (χ3n) is 13.1. The topological polar surface area (TPSA) is 34.0 Å². The van der Waals surface area contributed by atoms with Crippen LogP contribution in [-0.2, 0) is 38.6 Å². The molecule has 0 fully saturated rings. The summed E-state index contributed by atoms with van der Waals surface area (Å²) < 4.78 is 2.38. The molecule has 1 aliphatic rings. The van der Waals surface area contributed by atoms with Gasteiger partial charge in [0.05, 0.1) is 22.4 Å². The molecule has 4 nitrogen and oxygen atoms in total. The van der Waals surface area contributed by atoms with Crippen molar-refractivity contribution in [3.8, 4) is 28.2 Å². The minimum Gasteiger partial charge on any atom is -0.310 e. The Bertz CT molecular complexity index is 3270. The molecule has 0 amide bonds. The molecule has 7 aromatic carbocycles. The Kier molecular flexibility index (Phi) is 11.9. The van der Waals surface area contributed by atoms with Gasteiger partial charge in [-0.05, 0) is 95.3 Å². The molecule has 0 N–H and O–H groups in total. The zero-order chi connectivity index (χ0) is 45.9. The van der Waals surface area contributed by atoms with Crippen LogP contribution in [0.3, 0.4) is 0 Å². The fourth-order valence-electron chi connectivity index (χ4n) is 10.6. The molecule has 0 atom stereocenters. The molecule has 0 bridgehead atoms. The summed E-state index contributed by atoms with van der Waals surface area (Å²) in [4.78, 5) is 12.4. The van der Waals surface area contributed by atoms with Crippen LogP contribution in [0.25, 0.3) is 50.0 Å². The van der Waals surface area contributed by atoms with E-state index < -0.39 is 21.6 Å². The predicted octanol–water partition coefficient (Wildman–Crippen LogP) is 15.5. The molecule has 0 spiro atoms. The molecule has 68 heavy (non-hydrogen) atoms. The SMILES string of the molecule is C[Si](C)(C)Cc1ccnc(-c2[c-]c(C3(c4[c-]c(-c5cc(C[Si](C)(C)C)ccn5)ccc4)c4ccccc4N(c4ccc(-n5c6ccccc6c6ccccc65)cc4)c4ccccc43)ccc2)c1.[Pt+2]. The second-order valence-corrected chi connectivity index (χ2v) is 31.5. The van der Waals surface area contributed by atoms with E-state index in [1.807, 2.05) is 12.4 Å². The predicted molar refractivity (Wildman–Crippen MR) is 286 cm³/mol. The van der Waals surface area contributed by atoms with Crippen molar-refractivity contribution in [2.24, 2.45) is 0 Å². The molecular formula is C61H54N4PtSi2. The number of fused-ring (bicyclic) bond motifs is 5. The maximum atomic E-state index is 4.97. The maximum Gasteiger partial charge on any atom is 2.00 e. The van der Waals surface area contributed by atoms with Crippen molar-refractivity contribution in [2.75, 3.05) is 4.90 Å². The summed E-state index contributed by atoms with van der Waals surface area (Å²) in [6, 6.07) is 76.7. The van der Waals surface area contributed by atoms with Gasteiger partial charge in [0, 0.05) is 56.1 Å². The first-order valence-electron chi connectivity index (χ1n) is 23.5. The fraction of sp³-hybridized carbons (Fsp3) is 0.148. The molecular weight excluding hydrogens is 1040 g/mol. The summed E-state index contributed by atoms with van der Waals surface area (Å²) in [7, 11) is -2.74. The summed E-state index contributed by atoms with van der Waals surface area (Å²) in [5.74, 6) is 0. The molecule has 1 aliphatic heterocycles. The van der Waals surface area contributed by atoms with Crippen LogP contribution in [0.15, 0.2) is 194 Å². The van der Waals surface area contributed by atoms with E-state index in [0.717, 1.165) is 79.6 Å². The van der Waals surface area contributed by atoms with Crippen molar-refractivity contribution in [3.63, 3.8) is 0 Å². The molecule has 0 saturated heterocycles. The zero-order valence-corrected chi connectivity index (χ0v) is 43.8. The van der Waals surface area contributed by atoms with Gasteiger partial charge < -0.3 is 19.4 Å². The Morgan fingerprint density at radius 2 is 0.882 bits per heavy atom. The molecule has 0 radical (unpaired) electrons. The Morgan fingerprint density at radius 3 is 1.35 bits per heavy atom. The monoisotopic (exact) mass is 1090 g/mol. The average Bonchev–Trinajstić information content (AvgIpc) is 3.67. The van der Waals surface area contributed by atoms with Gasteiger partial charge in [-0.25, -0.2) is 0 Å². The van der Waals surface area contributed by atoms with E-state index in [2.05, 4.69) is 243 Å². The van der Waals surface area contributed by atoms with Gasteiger partial charge in [0.2, 0.25) is 0 Å². The van der Waals surface area contributed by atoms with Crippen molar-refractivity contribution >= 4 is 55.0 Å². The quantitative estimate of drug-likeness (QED) is 0.101. The van der Waals surface area contributed by atoms with Crippen molar-refractivity contribution in [1.29, 1.82) is 0 Å². The van der Waals surface area contributed by atoms with Crippen LogP contribution in [0.1, 0.15) is 33.4 Å². The molecule has 7 heteroatoms. The summed E-state index contributed by atoms with van der Waals surface area (Å²) in [5, 5.41) is 2.51. The van der Waals surface area contributed by atoms with Gasteiger partial charge in [-0.3, -0.25) is 0 Å². The number of rotatable bonds is 10. The normalized spacial score (nSPS) is 13.2. The van der Waals surface area contributed by atoms with Gasteiger partial charge in [-0.1, -0.05) is 135 Å². The zero-order valence-electron chi connectivity index (χ0n) is 39.5. The molecule has 4 heterocycles. The van der Waals surface area contributed by atoms with Crippen molar-refractivity contribution < 1.29 is 21.1 Å². The van der Waals surface area contributed by atoms with Gasteiger partial charge in [0.15, 0.2) is 0 Å². The van der Waals surface area contributed by atoms with Crippen molar-refractivity contribution in [2.45, 2.75) is 56.8 Å². The maximum absolute atomic E-state index is 4.97. The van der Waals surface area contributed by atoms with E-state index in [-0.39, 0.29) is 21.1 Å². The number of anilines is 3. The smallest absolute Gasteiger partial charge is 0.310 e. The first-order chi connectivity index (χ1) is 32.4. The van der Waals surface area contributed by atoms with Gasteiger partial charge >= 0.3 is 21.1 Å². The summed E-state index contributed by atoms with van der Waals surface area (Å²) in [6.45, 7) is 14.5. The third-order valence-corrected chi connectivity index (χ3v) is 16.0. The van der Waals surface area contributed by atoms with Crippen molar-refractivity contribution in [1.82, 2.24) is 14.5 Å². The van der Waals surface area contributed by atoms with Crippen LogP contribution < -0.4 is 4.90 Å². The van der Waals surface area contributed by atoms with E-state index in [1.165, 1.54) is 32.9 Å². The van der Waals surface area contributed by atoms with Gasteiger partial charge in [0.1, 0.15) is 0 Å². The number of para-hydroxylation sites is 4. The van der Waals surface area contributed by atoms with E-state index in [9.17, 15) is 0 Å². The molecule has 336 valence electrons. The number of hydrogen-bond acceptors (Lipinski definition) is 3. The van der Waals surface area contributed by atoms with Gasteiger partial charge in [-0.2, -0.15) is 0 Å². The first kappa shape index (κ1) is 45.3. The second-order valence-electron chi connectivity index (χ2n) is 20.5. The van der Waals surface area contributed by atoms with Crippen LogP contribution in [0, 0.1) is 12.1 Å². The van der Waals surface area contributed by atoms with Crippen molar-refractivity contribution in [3.05, 3.63) is 240 Å². The van der Waals surface area contributed by atoms with E-state index in [0.29, 0.717) is 0 Å². The Labute approximate surface area is 417 Å². The first-order valence-corrected chi connectivity index (χ1v) is 30.9.